The van der Waals surface area contributed by atoms with E-state index in [0.29, 0.717) is 16.6 Å². The lowest BCUT2D eigenvalue weighted by Gasteiger charge is -2.43. The van der Waals surface area contributed by atoms with Crippen LogP contribution in [-0.4, -0.2) is 10.1 Å². The fourth-order valence-electron chi connectivity index (χ4n) is 4.80. The number of rotatable bonds is 4. The summed E-state index contributed by atoms with van der Waals surface area (Å²) in [5.41, 5.74) is 2.75. The minimum absolute atomic E-state index is 0.0130. The first-order valence-electron chi connectivity index (χ1n) is 11.4. The number of benzene rings is 4. The number of aromatic nitrogens is 1. The first-order valence-corrected chi connectivity index (χ1v) is 11.8. The zero-order chi connectivity index (χ0) is 24.8. The van der Waals surface area contributed by atoms with Gasteiger partial charge in [-0.15, -0.1) is 0 Å². The van der Waals surface area contributed by atoms with Gasteiger partial charge in [-0.3, -0.25) is 10.1 Å². The molecule has 4 aromatic carbocycles. The summed E-state index contributed by atoms with van der Waals surface area (Å²) in [6, 6.07) is 27.9. The Bertz CT molecular complexity index is 1580. The van der Waals surface area contributed by atoms with Crippen LogP contribution in [0.25, 0.3) is 10.8 Å². The van der Waals surface area contributed by atoms with E-state index < -0.39 is 11.2 Å². The number of halogens is 1. The third kappa shape index (κ3) is 3.74. The molecule has 36 heavy (non-hydrogen) atoms. The van der Waals surface area contributed by atoms with Gasteiger partial charge in [0, 0.05) is 34.3 Å². The SMILES string of the molecule is Cc1cc(N2C(c3ccc([N+](=O)[O-])cc3)Oc3ccc4ccccc4c3C2c2ccc(Cl)cc2)no1. The lowest BCUT2D eigenvalue weighted by atomic mass is 9.89. The van der Waals surface area contributed by atoms with E-state index in [1.165, 1.54) is 12.1 Å². The third-order valence-electron chi connectivity index (χ3n) is 6.43. The molecule has 7 nitrogen and oxygen atoms in total. The summed E-state index contributed by atoms with van der Waals surface area (Å²) < 4.78 is 12.1. The molecule has 0 saturated heterocycles. The van der Waals surface area contributed by atoms with E-state index in [9.17, 15) is 10.1 Å². The van der Waals surface area contributed by atoms with Gasteiger partial charge in [0.05, 0.1) is 11.0 Å². The Hall–Kier alpha value is -4.36. The maximum Gasteiger partial charge on any atom is 0.269 e. The van der Waals surface area contributed by atoms with Crippen molar-refractivity contribution < 1.29 is 14.2 Å². The maximum absolute atomic E-state index is 11.3. The lowest BCUT2D eigenvalue weighted by Crippen LogP contribution is -2.40. The Labute approximate surface area is 211 Å². The van der Waals surface area contributed by atoms with Crippen molar-refractivity contribution in [2.75, 3.05) is 4.90 Å². The summed E-state index contributed by atoms with van der Waals surface area (Å²) >= 11 is 6.25. The minimum Gasteiger partial charge on any atom is -0.466 e. The molecular formula is C28H20ClN3O4. The molecule has 1 aromatic heterocycles. The number of nitrogens with zero attached hydrogens (tertiary/aromatic N) is 3. The second-order valence-electron chi connectivity index (χ2n) is 8.67. The molecular weight excluding hydrogens is 478 g/mol. The average molecular weight is 498 g/mol. The average Bonchev–Trinajstić information content (AvgIpc) is 3.33. The molecule has 1 aliphatic rings. The number of fused-ring (bicyclic) bond motifs is 3. The Morgan fingerprint density at radius 1 is 0.944 bits per heavy atom. The molecule has 0 saturated carbocycles. The van der Waals surface area contributed by atoms with Crippen molar-refractivity contribution in [2.45, 2.75) is 19.2 Å². The molecule has 0 amide bonds. The molecule has 2 atom stereocenters. The normalized spacial score (nSPS) is 17.0. The maximum atomic E-state index is 11.3. The van der Waals surface area contributed by atoms with Gasteiger partial charge < -0.3 is 14.2 Å². The highest BCUT2D eigenvalue weighted by atomic mass is 35.5. The number of nitro groups is 1. The minimum atomic E-state index is -0.621. The number of aryl methyl sites for hydroxylation is 1. The molecule has 0 aliphatic carbocycles. The molecule has 0 bridgehead atoms. The summed E-state index contributed by atoms with van der Waals surface area (Å²) in [5, 5.41) is 18.4. The van der Waals surface area contributed by atoms with E-state index in [1.54, 1.807) is 12.1 Å². The zero-order valence-corrected chi connectivity index (χ0v) is 19.9. The first kappa shape index (κ1) is 22.1. The summed E-state index contributed by atoms with van der Waals surface area (Å²) in [5.74, 6) is 1.98. The quantitative estimate of drug-likeness (QED) is 0.190. The van der Waals surface area contributed by atoms with Crippen molar-refractivity contribution in [3.63, 3.8) is 0 Å². The van der Waals surface area contributed by atoms with E-state index in [1.807, 2.05) is 61.5 Å². The lowest BCUT2D eigenvalue weighted by molar-refractivity contribution is -0.384. The highest BCUT2D eigenvalue weighted by Crippen LogP contribution is 2.50. The Balaban J connectivity index is 1.62. The number of anilines is 1. The second kappa shape index (κ2) is 8.70. The molecule has 0 fully saturated rings. The van der Waals surface area contributed by atoms with E-state index in [0.717, 1.165) is 33.2 Å². The fraction of sp³-hybridized carbons (Fsp3) is 0.107. The van der Waals surface area contributed by atoms with E-state index in [4.69, 9.17) is 20.9 Å². The Kier molecular flexibility index (Phi) is 5.34. The molecule has 5 aromatic rings. The Morgan fingerprint density at radius 3 is 2.36 bits per heavy atom. The second-order valence-corrected chi connectivity index (χ2v) is 9.11. The predicted octanol–water partition coefficient (Wildman–Crippen LogP) is 7.39. The highest BCUT2D eigenvalue weighted by Gasteiger charge is 2.40. The van der Waals surface area contributed by atoms with Crippen molar-refractivity contribution in [2.24, 2.45) is 0 Å². The van der Waals surface area contributed by atoms with Crippen LogP contribution < -0.4 is 9.64 Å². The molecule has 2 unspecified atom stereocenters. The summed E-state index contributed by atoms with van der Waals surface area (Å²) in [6.07, 6.45) is -0.621. The summed E-state index contributed by atoms with van der Waals surface area (Å²) in [7, 11) is 0. The molecule has 0 radical (unpaired) electrons. The first-order chi connectivity index (χ1) is 17.5. The number of ether oxygens (including phenoxy) is 1. The molecule has 8 heteroatoms. The van der Waals surface area contributed by atoms with Gasteiger partial charge in [-0.2, -0.15) is 0 Å². The summed E-state index contributed by atoms with van der Waals surface area (Å²) in [4.78, 5) is 12.9. The van der Waals surface area contributed by atoms with Gasteiger partial charge >= 0.3 is 0 Å². The van der Waals surface area contributed by atoms with Crippen LogP contribution in [0.3, 0.4) is 0 Å². The molecule has 6 rings (SSSR count). The molecule has 178 valence electrons. The van der Waals surface area contributed by atoms with Crippen molar-refractivity contribution in [3.8, 4) is 5.75 Å². The van der Waals surface area contributed by atoms with Crippen LogP contribution >= 0.6 is 11.6 Å². The monoisotopic (exact) mass is 497 g/mol. The standard InChI is InChI=1S/C28H20ClN3O4/c1-17-16-25(30-36-17)31-27(19-6-11-21(29)12-7-19)26-23-5-3-2-4-18(23)10-15-24(26)35-28(31)20-8-13-22(14-9-20)32(33)34/h2-16,27-28H,1H3. The van der Waals surface area contributed by atoms with Crippen LogP contribution in [0.15, 0.2) is 95.5 Å². The van der Waals surface area contributed by atoms with Gasteiger partial charge in [0.15, 0.2) is 5.82 Å². The van der Waals surface area contributed by atoms with Crippen LogP contribution in [0.2, 0.25) is 5.02 Å². The van der Waals surface area contributed by atoms with Crippen LogP contribution in [0.5, 0.6) is 5.75 Å². The van der Waals surface area contributed by atoms with Crippen LogP contribution in [-0.2, 0) is 0 Å². The van der Waals surface area contributed by atoms with Crippen molar-refractivity contribution in [3.05, 3.63) is 129 Å². The van der Waals surface area contributed by atoms with Crippen LogP contribution in [0, 0.1) is 17.0 Å². The van der Waals surface area contributed by atoms with Gasteiger partial charge in [0.1, 0.15) is 11.5 Å². The van der Waals surface area contributed by atoms with Gasteiger partial charge in [-0.05, 0) is 53.6 Å². The van der Waals surface area contributed by atoms with Crippen LogP contribution in [0.1, 0.15) is 34.7 Å². The van der Waals surface area contributed by atoms with E-state index >= 15 is 0 Å². The van der Waals surface area contributed by atoms with Gasteiger partial charge in [0.2, 0.25) is 6.23 Å². The van der Waals surface area contributed by atoms with Gasteiger partial charge in [-0.1, -0.05) is 59.2 Å². The fourth-order valence-corrected chi connectivity index (χ4v) is 4.93. The smallest absolute Gasteiger partial charge is 0.269 e. The third-order valence-corrected chi connectivity index (χ3v) is 6.68. The van der Waals surface area contributed by atoms with Gasteiger partial charge in [-0.25, -0.2) is 0 Å². The van der Waals surface area contributed by atoms with Crippen LogP contribution in [0.4, 0.5) is 11.5 Å². The predicted molar refractivity (Wildman–Crippen MR) is 137 cm³/mol. The number of hydrogen-bond acceptors (Lipinski definition) is 6. The number of hydrogen-bond donors (Lipinski definition) is 0. The Morgan fingerprint density at radius 2 is 1.67 bits per heavy atom. The van der Waals surface area contributed by atoms with Crippen molar-refractivity contribution in [1.82, 2.24) is 5.16 Å². The number of nitro benzene ring substituents is 1. The highest BCUT2D eigenvalue weighted by molar-refractivity contribution is 6.30. The zero-order valence-electron chi connectivity index (χ0n) is 19.2. The van der Waals surface area contributed by atoms with Crippen molar-refractivity contribution in [1.29, 1.82) is 0 Å². The topological polar surface area (TPSA) is 81.6 Å². The van der Waals surface area contributed by atoms with E-state index in [2.05, 4.69) is 22.2 Å². The van der Waals surface area contributed by atoms with E-state index in [-0.39, 0.29) is 11.7 Å². The van der Waals surface area contributed by atoms with Crippen molar-refractivity contribution >= 4 is 33.9 Å². The largest absolute Gasteiger partial charge is 0.466 e. The van der Waals surface area contributed by atoms with Gasteiger partial charge in [0.25, 0.3) is 5.69 Å². The molecule has 1 aliphatic heterocycles. The molecule has 0 spiro atoms. The molecule has 0 N–H and O–H groups in total. The number of non-ortho nitro benzene ring substituents is 1. The summed E-state index contributed by atoms with van der Waals surface area (Å²) in [6.45, 7) is 1.84. The molecule has 2 heterocycles.